The van der Waals surface area contributed by atoms with Crippen LogP contribution >= 0.6 is 22.9 Å². The summed E-state index contributed by atoms with van der Waals surface area (Å²) in [5, 5.41) is 6.30. The number of benzene rings is 1. The first-order valence-electron chi connectivity index (χ1n) is 8.81. The Morgan fingerprint density at radius 3 is 2.96 bits per heavy atom. The van der Waals surface area contributed by atoms with Gasteiger partial charge in [-0.3, -0.25) is 0 Å². The van der Waals surface area contributed by atoms with Gasteiger partial charge in [-0.05, 0) is 43.4 Å². The molecule has 1 aromatic carbocycles. The van der Waals surface area contributed by atoms with E-state index < -0.39 is 0 Å². The average molecular weight is 385 g/mol. The maximum absolute atomic E-state index is 6.15. The fraction of sp³-hybridized carbons (Fsp3) is 0.316. The Bertz CT molecular complexity index is 1100. The number of thiophene rings is 1. The van der Waals surface area contributed by atoms with E-state index in [0.29, 0.717) is 16.6 Å². The first-order valence-corrected chi connectivity index (χ1v) is 10.0. The smallest absolute Gasteiger partial charge is 0.189 e. The highest BCUT2D eigenvalue weighted by atomic mass is 35.5. The van der Waals surface area contributed by atoms with Crippen LogP contribution in [0.15, 0.2) is 30.6 Å². The third kappa shape index (κ3) is 2.73. The molecule has 0 bridgehead atoms. The molecule has 0 atom stereocenters. The molecule has 0 saturated heterocycles. The largest absolute Gasteiger partial charge is 0.484 e. The molecule has 0 spiro atoms. The van der Waals surface area contributed by atoms with Crippen molar-refractivity contribution in [3.63, 3.8) is 0 Å². The molecule has 0 saturated carbocycles. The van der Waals surface area contributed by atoms with Gasteiger partial charge in [-0.1, -0.05) is 30.2 Å². The normalized spacial score (nSPS) is 14.5. The number of nitrogens with zero attached hydrogens (tertiary/aromatic N) is 4. The van der Waals surface area contributed by atoms with Gasteiger partial charge in [0.25, 0.3) is 0 Å². The summed E-state index contributed by atoms with van der Waals surface area (Å²) in [6.45, 7) is 0.277. The number of fused-ring (bicyclic) bond motifs is 5. The van der Waals surface area contributed by atoms with Crippen molar-refractivity contribution in [2.24, 2.45) is 0 Å². The van der Waals surface area contributed by atoms with Gasteiger partial charge in [-0.25, -0.2) is 14.5 Å². The number of halogens is 1. The van der Waals surface area contributed by atoms with Gasteiger partial charge in [0.1, 0.15) is 23.5 Å². The summed E-state index contributed by atoms with van der Waals surface area (Å²) in [4.78, 5) is 11.9. The highest BCUT2D eigenvalue weighted by Crippen LogP contribution is 2.36. The van der Waals surface area contributed by atoms with E-state index in [2.05, 4.69) is 10.1 Å². The van der Waals surface area contributed by atoms with Crippen LogP contribution in [0.25, 0.3) is 15.9 Å². The van der Waals surface area contributed by atoms with Crippen molar-refractivity contribution in [3.05, 3.63) is 51.9 Å². The third-order valence-corrected chi connectivity index (χ3v) is 6.29. The van der Waals surface area contributed by atoms with Crippen LogP contribution in [0.4, 0.5) is 0 Å². The highest BCUT2D eigenvalue weighted by molar-refractivity contribution is 7.19. The predicted octanol–water partition coefficient (Wildman–Crippen LogP) is 4.84. The minimum atomic E-state index is 0.277. The van der Waals surface area contributed by atoms with Crippen LogP contribution < -0.4 is 4.74 Å². The maximum Gasteiger partial charge on any atom is 0.189 e. The maximum atomic E-state index is 6.15. The Morgan fingerprint density at radius 1 is 1.15 bits per heavy atom. The molecular weight excluding hydrogens is 368 g/mol. The lowest BCUT2D eigenvalue weighted by atomic mass is 10.1. The van der Waals surface area contributed by atoms with Gasteiger partial charge < -0.3 is 4.74 Å². The third-order valence-electron chi connectivity index (χ3n) is 4.78. The molecule has 3 aromatic heterocycles. The summed E-state index contributed by atoms with van der Waals surface area (Å²) in [5.74, 6) is 1.27. The topological polar surface area (TPSA) is 52.3 Å². The fourth-order valence-electron chi connectivity index (χ4n) is 3.54. The molecule has 5 rings (SSSR count). The summed E-state index contributed by atoms with van der Waals surface area (Å²) in [6, 6.07) is 7.42. The Hall–Kier alpha value is -2.18. The first-order chi connectivity index (χ1) is 12.8. The Morgan fingerprint density at radius 2 is 2.04 bits per heavy atom. The molecule has 0 amide bonds. The van der Waals surface area contributed by atoms with Crippen LogP contribution in [-0.4, -0.2) is 19.6 Å². The standard InChI is InChI=1S/C19H17ClN4OS/c20-13-7-4-5-8-14(13)25-10-16-22-18-17-12-6-2-1-3-9-15(12)26-19(17)21-11-24(18)23-16/h4-5,7-8,11H,1-3,6,9-10H2. The van der Waals surface area contributed by atoms with E-state index in [1.807, 2.05) is 35.6 Å². The number of hydrogen-bond acceptors (Lipinski definition) is 5. The molecular formula is C19H17ClN4OS. The monoisotopic (exact) mass is 384 g/mol. The molecule has 4 aromatic rings. The van der Waals surface area contributed by atoms with Gasteiger partial charge in [0.05, 0.1) is 10.4 Å². The minimum absolute atomic E-state index is 0.277. The predicted molar refractivity (Wildman–Crippen MR) is 103 cm³/mol. The zero-order valence-corrected chi connectivity index (χ0v) is 15.7. The molecule has 26 heavy (non-hydrogen) atoms. The zero-order chi connectivity index (χ0) is 17.5. The molecule has 1 aliphatic rings. The van der Waals surface area contributed by atoms with Crippen LogP contribution in [-0.2, 0) is 19.4 Å². The average Bonchev–Trinajstić information content (AvgIpc) is 3.14. The van der Waals surface area contributed by atoms with Crippen LogP contribution in [0.1, 0.15) is 35.5 Å². The van der Waals surface area contributed by atoms with Crippen molar-refractivity contribution in [2.45, 2.75) is 38.7 Å². The SMILES string of the molecule is Clc1ccccc1OCc1nc2c3c4c(sc3ncn2n1)CCCCC4. The Balaban J connectivity index is 1.53. The van der Waals surface area contributed by atoms with Gasteiger partial charge in [0, 0.05) is 4.88 Å². The minimum Gasteiger partial charge on any atom is -0.484 e. The molecule has 1 aliphatic carbocycles. The van der Waals surface area contributed by atoms with E-state index in [0.717, 1.165) is 23.3 Å². The van der Waals surface area contributed by atoms with Crippen LogP contribution in [0.3, 0.4) is 0 Å². The Labute approximate surface area is 159 Å². The van der Waals surface area contributed by atoms with E-state index in [-0.39, 0.29) is 6.61 Å². The number of ether oxygens (including phenoxy) is 1. The van der Waals surface area contributed by atoms with E-state index in [4.69, 9.17) is 21.3 Å². The number of para-hydroxylation sites is 1. The molecule has 5 nitrogen and oxygen atoms in total. The molecule has 0 N–H and O–H groups in total. The lowest BCUT2D eigenvalue weighted by Gasteiger charge is -2.04. The summed E-state index contributed by atoms with van der Waals surface area (Å²) in [7, 11) is 0. The fourth-order valence-corrected chi connectivity index (χ4v) is 4.95. The van der Waals surface area contributed by atoms with Gasteiger partial charge in [0.2, 0.25) is 0 Å². The van der Waals surface area contributed by atoms with Gasteiger partial charge >= 0.3 is 0 Å². The molecule has 3 heterocycles. The van der Waals surface area contributed by atoms with E-state index in [1.54, 1.807) is 10.8 Å². The Kier molecular flexibility index (Phi) is 4.02. The summed E-state index contributed by atoms with van der Waals surface area (Å²) < 4.78 is 7.56. The van der Waals surface area contributed by atoms with Crippen molar-refractivity contribution < 1.29 is 4.74 Å². The van der Waals surface area contributed by atoms with E-state index in [1.165, 1.54) is 35.1 Å². The summed E-state index contributed by atoms with van der Waals surface area (Å²) in [6.07, 6.45) is 7.80. The number of rotatable bonds is 3. The molecule has 0 aliphatic heterocycles. The second kappa shape index (κ2) is 6.52. The molecule has 7 heteroatoms. The van der Waals surface area contributed by atoms with Gasteiger partial charge in [-0.15, -0.1) is 16.4 Å². The summed E-state index contributed by atoms with van der Waals surface area (Å²) in [5.41, 5.74) is 2.30. The van der Waals surface area contributed by atoms with Gasteiger partial charge in [0.15, 0.2) is 11.5 Å². The second-order valence-corrected chi connectivity index (χ2v) is 8.00. The van der Waals surface area contributed by atoms with Crippen molar-refractivity contribution in [1.82, 2.24) is 19.6 Å². The highest BCUT2D eigenvalue weighted by Gasteiger charge is 2.20. The van der Waals surface area contributed by atoms with Crippen molar-refractivity contribution in [3.8, 4) is 5.75 Å². The zero-order valence-electron chi connectivity index (χ0n) is 14.1. The molecule has 0 unspecified atom stereocenters. The van der Waals surface area contributed by atoms with Crippen LogP contribution in [0, 0.1) is 0 Å². The quantitative estimate of drug-likeness (QED) is 0.474. The second-order valence-electron chi connectivity index (χ2n) is 6.50. The van der Waals surface area contributed by atoms with Gasteiger partial charge in [-0.2, -0.15) is 0 Å². The first kappa shape index (κ1) is 16.0. The van der Waals surface area contributed by atoms with Crippen LogP contribution in [0.2, 0.25) is 5.02 Å². The van der Waals surface area contributed by atoms with Crippen molar-refractivity contribution >= 4 is 38.8 Å². The lowest BCUT2D eigenvalue weighted by Crippen LogP contribution is -1.98. The van der Waals surface area contributed by atoms with Crippen molar-refractivity contribution in [2.75, 3.05) is 0 Å². The molecule has 132 valence electrons. The summed E-state index contributed by atoms with van der Waals surface area (Å²) >= 11 is 7.96. The number of aryl methyl sites for hydroxylation is 2. The van der Waals surface area contributed by atoms with Crippen LogP contribution in [0.5, 0.6) is 5.75 Å². The van der Waals surface area contributed by atoms with E-state index in [9.17, 15) is 0 Å². The lowest BCUT2D eigenvalue weighted by molar-refractivity contribution is 0.296. The number of aromatic nitrogens is 4. The van der Waals surface area contributed by atoms with Crippen molar-refractivity contribution in [1.29, 1.82) is 0 Å². The number of hydrogen-bond donors (Lipinski definition) is 0. The van der Waals surface area contributed by atoms with E-state index >= 15 is 0 Å². The molecule has 0 radical (unpaired) electrons. The molecule has 0 fully saturated rings.